The molecule has 0 aromatic heterocycles. The Morgan fingerprint density at radius 3 is 2.83 bits per heavy atom. The van der Waals surface area contributed by atoms with Gasteiger partial charge in [0.05, 0.1) is 5.71 Å². The van der Waals surface area contributed by atoms with Crippen molar-refractivity contribution in [2.24, 2.45) is 4.99 Å². The molecule has 0 radical (unpaired) electrons. The van der Waals surface area contributed by atoms with E-state index in [4.69, 9.17) is 0 Å². The molecule has 0 atom stereocenters. The highest BCUT2D eigenvalue weighted by Gasteiger charge is 2.15. The first-order valence-electron chi connectivity index (χ1n) is 6.14. The van der Waals surface area contributed by atoms with Crippen LogP contribution >= 0.6 is 0 Å². The Balaban J connectivity index is 2.14. The summed E-state index contributed by atoms with van der Waals surface area (Å²) in [7, 11) is 0. The van der Waals surface area contributed by atoms with E-state index in [0.717, 1.165) is 29.8 Å². The number of rotatable bonds is 1. The number of aryl methyl sites for hydroxylation is 1. The number of halogens is 1. The lowest BCUT2D eigenvalue weighted by molar-refractivity contribution is 0.627. The van der Waals surface area contributed by atoms with Crippen LogP contribution in [0.1, 0.15) is 22.3 Å². The maximum atomic E-state index is 13.3. The lowest BCUT2D eigenvalue weighted by Gasteiger charge is -2.17. The summed E-state index contributed by atoms with van der Waals surface area (Å²) in [6.07, 6.45) is 0.967. The third-order valence-corrected chi connectivity index (χ3v) is 3.27. The van der Waals surface area contributed by atoms with Crippen LogP contribution in [0.15, 0.2) is 47.5 Å². The van der Waals surface area contributed by atoms with Crippen molar-refractivity contribution in [2.45, 2.75) is 13.3 Å². The van der Waals surface area contributed by atoms with Crippen molar-refractivity contribution in [3.63, 3.8) is 0 Å². The molecular weight excluding hydrogens is 225 g/mol. The highest BCUT2D eigenvalue weighted by molar-refractivity contribution is 6.14. The van der Waals surface area contributed by atoms with Gasteiger partial charge in [-0.15, -0.1) is 0 Å². The van der Waals surface area contributed by atoms with E-state index >= 15 is 0 Å². The average Bonchev–Trinajstić information content (AvgIpc) is 2.38. The van der Waals surface area contributed by atoms with Crippen LogP contribution in [0.4, 0.5) is 4.39 Å². The molecule has 2 aromatic carbocycles. The number of aliphatic imine (C=N–C) groups is 1. The summed E-state index contributed by atoms with van der Waals surface area (Å²) in [6, 6.07) is 13.1. The van der Waals surface area contributed by atoms with Crippen molar-refractivity contribution in [2.75, 3.05) is 6.54 Å². The molecule has 0 spiro atoms. The third kappa shape index (κ3) is 1.94. The van der Waals surface area contributed by atoms with Gasteiger partial charge in [0, 0.05) is 17.7 Å². The minimum atomic E-state index is -0.213. The second-order valence-electron chi connectivity index (χ2n) is 4.65. The van der Waals surface area contributed by atoms with Gasteiger partial charge in [0.1, 0.15) is 5.82 Å². The second-order valence-corrected chi connectivity index (χ2v) is 4.65. The van der Waals surface area contributed by atoms with Gasteiger partial charge in [0.2, 0.25) is 0 Å². The maximum absolute atomic E-state index is 13.3. The zero-order chi connectivity index (χ0) is 12.5. The fourth-order valence-corrected chi connectivity index (χ4v) is 2.38. The van der Waals surface area contributed by atoms with Crippen molar-refractivity contribution in [1.82, 2.24) is 0 Å². The Morgan fingerprint density at radius 2 is 2.00 bits per heavy atom. The first-order valence-corrected chi connectivity index (χ1v) is 6.14. The number of hydrogen-bond donors (Lipinski definition) is 0. The van der Waals surface area contributed by atoms with Crippen LogP contribution in [-0.2, 0) is 6.42 Å². The predicted molar refractivity (Wildman–Crippen MR) is 71.8 cm³/mol. The SMILES string of the molecule is Cc1ccc2c(c1)C(c1cccc(F)c1)=NCC2. The van der Waals surface area contributed by atoms with Crippen LogP contribution in [0.5, 0.6) is 0 Å². The van der Waals surface area contributed by atoms with Crippen molar-refractivity contribution < 1.29 is 4.39 Å². The topological polar surface area (TPSA) is 12.4 Å². The van der Waals surface area contributed by atoms with Gasteiger partial charge in [0.15, 0.2) is 0 Å². The Labute approximate surface area is 106 Å². The van der Waals surface area contributed by atoms with Crippen LogP contribution in [0.2, 0.25) is 0 Å². The average molecular weight is 239 g/mol. The van der Waals surface area contributed by atoms with E-state index in [-0.39, 0.29) is 5.82 Å². The molecule has 1 nitrogen and oxygen atoms in total. The summed E-state index contributed by atoms with van der Waals surface area (Å²) < 4.78 is 13.3. The quantitative estimate of drug-likeness (QED) is 0.722. The molecule has 0 bridgehead atoms. The minimum Gasteiger partial charge on any atom is -0.284 e. The molecule has 2 heteroatoms. The number of fused-ring (bicyclic) bond motifs is 1. The lowest BCUT2D eigenvalue weighted by Crippen LogP contribution is -2.14. The normalized spacial score (nSPS) is 14.0. The van der Waals surface area contributed by atoms with E-state index in [1.54, 1.807) is 12.1 Å². The highest BCUT2D eigenvalue weighted by Crippen LogP contribution is 2.22. The maximum Gasteiger partial charge on any atom is 0.123 e. The summed E-state index contributed by atoms with van der Waals surface area (Å²) in [4.78, 5) is 4.57. The molecule has 1 aliphatic rings. The smallest absolute Gasteiger partial charge is 0.123 e. The van der Waals surface area contributed by atoms with Crippen molar-refractivity contribution in [3.05, 3.63) is 70.5 Å². The molecule has 1 aliphatic heterocycles. The van der Waals surface area contributed by atoms with E-state index < -0.39 is 0 Å². The molecule has 0 saturated carbocycles. The van der Waals surface area contributed by atoms with E-state index in [9.17, 15) is 4.39 Å². The molecule has 18 heavy (non-hydrogen) atoms. The van der Waals surface area contributed by atoms with E-state index in [2.05, 4.69) is 30.1 Å². The van der Waals surface area contributed by atoms with Gasteiger partial charge >= 0.3 is 0 Å². The van der Waals surface area contributed by atoms with Gasteiger partial charge in [-0.05, 0) is 37.1 Å². The summed E-state index contributed by atoms with van der Waals surface area (Å²) in [5.74, 6) is -0.213. The standard InChI is InChI=1S/C16H14FN/c1-11-5-6-12-7-8-18-16(15(12)9-11)13-3-2-4-14(17)10-13/h2-6,9-10H,7-8H2,1H3. The summed E-state index contributed by atoms with van der Waals surface area (Å²) in [5, 5.41) is 0. The first kappa shape index (κ1) is 11.1. The zero-order valence-corrected chi connectivity index (χ0v) is 10.3. The first-order chi connectivity index (χ1) is 8.74. The monoisotopic (exact) mass is 239 g/mol. The van der Waals surface area contributed by atoms with Crippen LogP contribution in [-0.4, -0.2) is 12.3 Å². The zero-order valence-electron chi connectivity index (χ0n) is 10.3. The fourth-order valence-electron chi connectivity index (χ4n) is 2.38. The van der Waals surface area contributed by atoms with Gasteiger partial charge in [-0.2, -0.15) is 0 Å². The van der Waals surface area contributed by atoms with Crippen molar-refractivity contribution in [3.8, 4) is 0 Å². The molecule has 0 fully saturated rings. The molecule has 0 saturated heterocycles. The lowest BCUT2D eigenvalue weighted by atomic mass is 9.92. The molecule has 1 heterocycles. The van der Waals surface area contributed by atoms with Gasteiger partial charge in [-0.1, -0.05) is 29.8 Å². The van der Waals surface area contributed by atoms with Crippen molar-refractivity contribution >= 4 is 5.71 Å². The molecular formula is C16H14FN. The molecule has 0 N–H and O–H groups in total. The highest BCUT2D eigenvalue weighted by atomic mass is 19.1. The minimum absolute atomic E-state index is 0.213. The Morgan fingerprint density at radius 1 is 1.11 bits per heavy atom. The van der Waals surface area contributed by atoms with E-state index in [1.807, 2.05) is 6.07 Å². The molecule has 0 unspecified atom stereocenters. The van der Waals surface area contributed by atoms with E-state index in [0.29, 0.717) is 0 Å². The Bertz CT molecular complexity index is 629. The second kappa shape index (κ2) is 4.37. The van der Waals surface area contributed by atoms with Gasteiger partial charge in [0.25, 0.3) is 0 Å². The Hall–Kier alpha value is -1.96. The van der Waals surface area contributed by atoms with Gasteiger partial charge in [-0.3, -0.25) is 4.99 Å². The molecule has 3 rings (SSSR count). The third-order valence-electron chi connectivity index (χ3n) is 3.27. The fraction of sp³-hybridized carbons (Fsp3) is 0.188. The molecule has 0 amide bonds. The van der Waals surface area contributed by atoms with Crippen molar-refractivity contribution in [1.29, 1.82) is 0 Å². The van der Waals surface area contributed by atoms with Crippen LogP contribution in [0.25, 0.3) is 0 Å². The number of hydrogen-bond acceptors (Lipinski definition) is 1. The summed E-state index contributed by atoms with van der Waals surface area (Å²) in [5.41, 5.74) is 5.43. The van der Waals surface area contributed by atoms with Crippen LogP contribution in [0.3, 0.4) is 0 Å². The molecule has 0 aliphatic carbocycles. The van der Waals surface area contributed by atoms with Gasteiger partial charge in [-0.25, -0.2) is 4.39 Å². The Kier molecular flexibility index (Phi) is 2.71. The molecule has 2 aromatic rings. The van der Waals surface area contributed by atoms with Gasteiger partial charge < -0.3 is 0 Å². The number of benzene rings is 2. The largest absolute Gasteiger partial charge is 0.284 e. The van der Waals surface area contributed by atoms with Crippen LogP contribution in [0, 0.1) is 12.7 Å². The number of nitrogens with zero attached hydrogens (tertiary/aromatic N) is 1. The summed E-state index contributed by atoms with van der Waals surface area (Å²) in [6.45, 7) is 2.85. The predicted octanol–water partition coefficient (Wildman–Crippen LogP) is 3.53. The van der Waals surface area contributed by atoms with Crippen LogP contribution < -0.4 is 0 Å². The van der Waals surface area contributed by atoms with E-state index in [1.165, 1.54) is 17.2 Å². The molecule has 90 valence electrons. The summed E-state index contributed by atoms with van der Waals surface area (Å²) >= 11 is 0.